The molecule has 0 saturated heterocycles. The van der Waals surface area contributed by atoms with Crippen LogP contribution in [-0.2, 0) is 10.0 Å². The van der Waals surface area contributed by atoms with Crippen molar-refractivity contribution in [3.8, 4) is 11.5 Å². The number of nitrogens with one attached hydrogen (secondary N) is 1. The Hall–Kier alpha value is -1.96. The first-order valence-electron chi connectivity index (χ1n) is 7.66. The summed E-state index contributed by atoms with van der Waals surface area (Å²) >= 11 is 0. The van der Waals surface area contributed by atoms with Crippen molar-refractivity contribution in [1.29, 1.82) is 0 Å². The van der Waals surface area contributed by atoms with Crippen LogP contribution in [0.3, 0.4) is 0 Å². The fourth-order valence-corrected chi connectivity index (χ4v) is 2.80. The molecule has 0 bridgehead atoms. The predicted octanol–water partition coefficient (Wildman–Crippen LogP) is 2.02. The molecule has 1 aromatic rings. The zero-order valence-electron chi connectivity index (χ0n) is 15.0. The van der Waals surface area contributed by atoms with Crippen molar-refractivity contribution in [3.63, 3.8) is 0 Å². The first-order chi connectivity index (χ1) is 11.1. The smallest absolute Gasteiger partial charge is 0.253 e. The molecule has 8 heteroatoms. The Morgan fingerprint density at radius 3 is 2.25 bits per heavy atom. The molecule has 0 unspecified atom stereocenters. The Balaban J connectivity index is 3.41. The number of sulfonamides is 1. The van der Waals surface area contributed by atoms with Gasteiger partial charge in [-0.25, -0.2) is 8.42 Å². The Morgan fingerprint density at radius 1 is 1.25 bits per heavy atom. The maximum absolute atomic E-state index is 12.6. The van der Waals surface area contributed by atoms with E-state index in [9.17, 15) is 13.2 Å². The Labute approximate surface area is 144 Å². The average molecular weight is 358 g/mol. The topological polar surface area (TPSA) is 84.9 Å². The molecule has 0 spiro atoms. The van der Waals surface area contributed by atoms with Gasteiger partial charge in [0, 0.05) is 19.2 Å². The molecule has 0 aliphatic carbocycles. The summed E-state index contributed by atoms with van der Waals surface area (Å²) in [5.74, 6) is 0.347. The number of rotatable bonds is 8. The molecule has 1 rings (SSSR count). The lowest BCUT2D eigenvalue weighted by atomic mass is 10.1. The highest BCUT2D eigenvalue weighted by Gasteiger charge is 2.24. The zero-order chi connectivity index (χ0) is 18.5. The zero-order valence-corrected chi connectivity index (χ0v) is 15.9. The van der Waals surface area contributed by atoms with E-state index in [-0.39, 0.29) is 23.2 Å². The number of amides is 1. The van der Waals surface area contributed by atoms with Crippen LogP contribution in [0.15, 0.2) is 12.1 Å². The van der Waals surface area contributed by atoms with Gasteiger partial charge in [0.05, 0.1) is 31.7 Å². The molecule has 1 N–H and O–H groups in total. The first kappa shape index (κ1) is 20.1. The maximum Gasteiger partial charge on any atom is 0.253 e. The molecule has 0 heterocycles. The van der Waals surface area contributed by atoms with Gasteiger partial charge in [0.1, 0.15) is 0 Å². The number of anilines is 1. The van der Waals surface area contributed by atoms with Crippen LogP contribution in [0.2, 0.25) is 0 Å². The molecule has 1 atom stereocenters. The number of ether oxygens (including phenoxy) is 2. The molecule has 0 fully saturated rings. The summed E-state index contributed by atoms with van der Waals surface area (Å²) in [6.07, 6.45) is 2.84. The van der Waals surface area contributed by atoms with Gasteiger partial charge >= 0.3 is 0 Å². The number of hydrogen-bond donors (Lipinski definition) is 1. The van der Waals surface area contributed by atoms with Gasteiger partial charge < -0.3 is 14.8 Å². The lowest BCUT2D eigenvalue weighted by Gasteiger charge is -2.23. The molecule has 1 aromatic carbocycles. The number of carbonyl (C=O) groups excluding carboxylic acids is 1. The molecule has 0 aliphatic heterocycles. The van der Waals surface area contributed by atoms with Crippen LogP contribution in [0.1, 0.15) is 37.0 Å². The number of nitrogens with zero attached hydrogens (tertiary/aromatic N) is 1. The molecule has 24 heavy (non-hydrogen) atoms. The molecule has 1 amide bonds. The highest BCUT2D eigenvalue weighted by atomic mass is 32.2. The molecule has 7 nitrogen and oxygen atoms in total. The van der Waals surface area contributed by atoms with Crippen molar-refractivity contribution in [3.05, 3.63) is 17.7 Å². The molecule has 0 radical (unpaired) electrons. The van der Waals surface area contributed by atoms with Gasteiger partial charge in [-0.1, -0.05) is 13.3 Å². The van der Waals surface area contributed by atoms with Crippen LogP contribution < -0.4 is 19.1 Å². The molecule has 136 valence electrons. The second kappa shape index (κ2) is 8.23. The summed E-state index contributed by atoms with van der Waals surface area (Å²) in [5.41, 5.74) is 0.444. The van der Waals surface area contributed by atoms with E-state index in [2.05, 4.69) is 5.32 Å². The fourth-order valence-electron chi connectivity index (χ4n) is 2.30. The molecule has 0 saturated carbocycles. The third kappa shape index (κ3) is 4.77. The minimum atomic E-state index is -3.54. The summed E-state index contributed by atoms with van der Waals surface area (Å²) in [4.78, 5) is 12.6. The number of hydrogen-bond acceptors (Lipinski definition) is 5. The summed E-state index contributed by atoms with van der Waals surface area (Å²) in [5, 5.41) is 2.88. The minimum Gasteiger partial charge on any atom is -0.493 e. The Kier molecular flexibility index (Phi) is 6.89. The number of carbonyl (C=O) groups is 1. The molecular weight excluding hydrogens is 332 g/mol. The van der Waals surface area contributed by atoms with Crippen molar-refractivity contribution in [2.45, 2.75) is 32.7 Å². The van der Waals surface area contributed by atoms with Crippen LogP contribution >= 0.6 is 0 Å². The van der Waals surface area contributed by atoms with E-state index in [1.807, 2.05) is 13.8 Å². The summed E-state index contributed by atoms with van der Waals surface area (Å²) < 4.78 is 35.3. The first-order valence-corrected chi connectivity index (χ1v) is 9.51. The normalized spacial score (nSPS) is 12.4. The monoisotopic (exact) mass is 358 g/mol. The second-order valence-electron chi connectivity index (χ2n) is 5.62. The van der Waals surface area contributed by atoms with Crippen LogP contribution in [0, 0.1) is 0 Å². The van der Waals surface area contributed by atoms with Crippen molar-refractivity contribution >= 4 is 21.6 Å². The van der Waals surface area contributed by atoms with Crippen molar-refractivity contribution in [2.24, 2.45) is 0 Å². The quantitative estimate of drug-likeness (QED) is 0.768. The maximum atomic E-state index is 12.6. The van der Waals surface area contributed by atoms with Gasteiger partial charge in [-0.15, -0.1) is 0 Å². The molecular formula is C16H26N2O5S. The van der Waals surface area contributed by atoms with Gasteiger partial charge in [-0.3, -0.25) is 9.10 Å². The largest absolute Gasteiger partial charge is 0.493 e. The SMILES string of the molecule is CCC[C@@H](C)NC(=O)c1cc(OC)c(OC)cc1N(C)S(C)(=O)=O. The van der Waals surface area contributed by atoms with Crippen LogP contribution in [-0.4, -0.2) is 47.9 Å². The van der Waals surface area contributed by atoms with E-state index in [4.69, 9.17) is 9.47 Å². The Bertz CT molecular complexity index is 688. The molecule has 0 aromatic heterocycles. The van der Waals surface area contributed by atoms with Crippen molar-refractivity contribution in [2.75, 3.05) is 31.8 Å². The van der Waals surface area contributed by atoms with Crippen molar-refractivity contribution in [1.82, 2.24) is 5.32 Å². The molecule has 0 aliphatic rings. The standard InChI is InChI=1S/C16H26N2O5S/c1-7-8-11(2)17-16(19)12-9-14(22-4)15(23-5)10-13(12)18(3)24(6,20)21/h9-11H,7-8H2,1-6H3,(H,17,19)/t11-/m1/s1. The van der Waals surface area contributed by atoms with Crippen LogP contribution in [0.4, 0.5) is 5.69 Å². The van der Waals surface area contributed by atoms with Gasteiger partial charge in [0.2, 0.25) is 10.0 Å². The lowest BCUT2D eigenvalue weighted by molar-refractivity contribution is 0.0938. The van der Waals surface area contributed by atoms with E-state index in [1.165, 1.54) is 33.4 Å². The summed E-state index contributed by atoms with van der Waals surface area (Å²) in [6, 6.07) is 2.95. The summed E-state index contributed by atoms with van der Waals surface area (Å²) in [6.45, 7) is 3.93. The third-order valence-electron chi connectivity index (χ3n) is 3.68. The number of methoxy groups -OCH3 is 2. The van der Waals surface area contributed by atoms with Gasteiger partial charge in [-0.05, 0) is 19.4 Å². The van der Waals surface area contributed by atoms with E-state index >= 15 is 0 Å². The van der Waals surface area contributed by atoms with Crippen LogP contribution in [0.5, 0.6) is 11.5 Å². The highest BCUT2D eigenvalue weighted by molar-refractivity contribution is 7.92. The lowest BCUT2D eigenvalue weighted by Crippen LogP contribution is -2.34. The predicted molar refractivity (Wildman–Crippen MR) is 94.6 cm³/mol. The van der Waals surface area contributed by atoms with Gasteiger partial charge in [-0.2, -0.15) is 0 Å². The number of benzene rings is 1. The van der Waals surface area contributed by atoms with E-state index < -0.39 is 10.0 Å². The van der Waals surface area contributed by atoms with E-state index in [0.29, 0.717) is 11.5 Å². The highest BCUT2D eigenvalue weighted by Crippen LogP contribution is 2.35. The third-order valence-corrected chi connectivity index (χ3v) is 4.87. The van der Waals surface area contributed by atoms with Crippen molar-refractivity contribution < 1.29 is 22.7 Å². The van der Waals surface area contributed by atoms with Gasteiger partial charge in [0.15, 0.2) is 11.5 Å². The van der Waals surface area contributed by atoms with E-state index in [1.54, 1.807) is 0 Å². The minimum absolute atomic E-state index is 0.0213. The Morgan fingerprint density at radius 2 is 1.79 bits per heavy atom. The summed E-state index contributed by atoms with van der Waals surface area (Å²) in [7, 11) is 0.761. The average Bonchev–Trinajstić information content (AvgIpc) is 2.51. The second-order valence-corrected chi connectivity index (χ2v) is 7.63. The fraction of sp³-hybridized carbons (Fsp3) is 0.562. The van der Waals surface area contributed by atoms with Gasteiger partial charge in [0.25, 0.3) is 5.91 Å². The van der Waals surface area contributed by atoms with E-state index in [0.717, 1.165) is 23.4 Å². The van der Waals surface area contributed by atoms with Crippen LogP contribution in [0.25, 0.3) is 0 Å².